The van der Waals surface area contributed by atoms with Crippen molar-refractivity contribution in [2.24, 2.45) is 5.92 Å². The zero-order valence-corrected chi connectivity index (χ0v) is 21.8. The molecule has 3 aliphatic rings. The molecule has 9 nitrogen and oxygen atoms in total. The lowest BCUT2D eigenvalue weighted by Gasteiger charge is -2.31. The number of carbonyl (C=O) groups excluding carboxylic acids is 4. The second kappa shape index (κ2) is 11.0. The van der Waals surface area contributed by atoms with Crippen molar-refractivity contribution < 1.29 is 19.2 Å². The van der Waals surface area contributed by atoms with Gasteiger partial charge in [0, 0.05) is 31.9 Å². The summed E-state index contributed by atoms with van der Waals surface area (Å²) in [5, 5.41) is 6.20. The van der Waals surface area contributed by atoms with E-state index in [9.17, 15) is 19.2 Å². The highest BCUT2D eigenvalue weighted by Gasteiger charge is 2.52. The lowest BCUT2D eigenvalue weighted by Crippen LogP contribution is -2.53. The molecular weight excluding hydrogens is 458 g/mol. The highest BCUT2D eigenvalue weighted by molar-refractivity contribution is 6.01. The van der Waals surface area contributed by atoms with Crippen molar-refractivity contribution in [3.8, 4) is 0 Å². The highest BCUT2D eigenvalue weighted by Crippen LogP contribution is 2.32. The predicted octanol–water partition coefficient (Wildman–Crippen LogP) is 1.42. The Labute approximate surface area is 213 Å². The van der Waals surface area contributed by atoms with Crippen LogP contribution in [0, 0.1) is 5.92 Å². The summed E-state index contributed by atoms with van der Waals surface area (Å²) in [5.41, 5.74) is 1.46. The Bertz CT molecular complexity index is 986. The van der Waals surface area contributed by atoms with Gasteiger partial charge in [-0.05, 0) is 62.4 Å². The van der Waals surface area contributed by atoms with Gasteiger partial charge < -0.3 is 25.3 Å². The highest BCUT2D eigenvalue weighted by atomic mass is 16.2. The van der Waals surface area contributed by atoms with Crippen molar-refractivity contribution in [2.75, 3.05) is 38.6 Å². The summed E-state index contributed by atoms with van der Waals surface area (Å²) in [6.07, 6.45) is 3.88. The molecule has 36 heavy (non-hydrogen) atoms. The number of nitrogens with zero attached hydrogens (tertiary/aromatic N) is 3. The second-order valence-electron chi connectivity index (χ2n) is 10.9. The van der Waals surface area contributed by atoms with Gasteiger partial charge >= 0.3 is 0 Å². The lowest BCUT2D eigenvalue weighted by atomic mass is 10.0. The van der Waals surface area contributed by atoms with Crippen molar-refractivity contribution in [1.29, 1.82) is 0 Å². The minimum atomic E-state index is -0.734. The number of anilines is 1. The molecule has 9 heteroatoms. The normalized spacial score (nSPS) is 24.6. The van der Waals surface area contributed by atoms with Gasteiger partial charge in [-0.3, -0.25) is 19.2 Å². The fraction of sp³-hybridized carbons (Fsp3) is 0.630. The molecule has 3 saturated heterocycles. The van der Waals surface area contributed by atoms with E-state index >= 15 is 0 Å². The maximum atomic E-state index is 13.7. The molecule has 3 heterocycles. The van der Waals surface area contributed by atoms with Gasteiger partial charge in [-0.15, -0.1) is 0 Å². The van der Waals surface area contributed by atoms with E-state index in [1.165, 1.54) is 0 Å². The molecule has 0 bridgehead atoms. The molecule has 3 amide bonds. The van der Waals surface area contributed by atoms with Gasteiger partial charge in [0.1, 0.15) is 12.1 Å². The molecule has 3 aliphatic heterocycles. The van der Waals surface area contributed by atoms with Crippen molar-refractivity contribution in [3.63, 3.8) is 0 Å². The van der Waals surface area contributed by atoms with Crippen molar-refractivity contribution >= 4 is 29.2 Å². The zero-order chi connectivity index (χ0) is 26.0. The van der Waals surface area contributed by atoms with Gasteiger partial charge in [0.15, 0.2) is 5.78 Å². The number of likely N-dealkylation sites (tertiary alicyclic amines) is 2. The van der Waals surface area contributed by atoms with Crippen LogP contribution in [0.2, 0.25) is 0 Å². The number of hydrogen-bond donors (Lipinski definition) is 2. The third-order valence-electron chi connectivity index (χ3n) is 7.55. The van der Waals surface area contributed by atoms with Crippen LogP contribution in [0.4, 0.5) is 5.69 Å². The number of carbonyl (C=O) groups is 4. The van der Waals surface area contributed by atoms with E-state index in [1.54, 1.807) is 21.9 Å². The Balaban J connectivity index is 1.46. The summed E-state index contributed by atoms with van der Waals surface area (Å²) in [6, 6.07) is 5.33. The number of ketones is 1. The van der Waals surface area contributed by atoms with Gasteiger partial charge in [-0.1, -0.05) is 20.3 Å². The maximum Gasteiger partial charge on any atom is 0.251 e. The first-order chi connectivity index (χ1) is 17.2. The number of Topliss-reactive ketones (excluding diaryl/α,β-unsaturated/α-hetero) is 1. The minimum Gasteiger partial charge on any atom is -0.378 e. The monoisotopic (exact) mass is 497 g/mol. The summed E-state index contributed by atoms with van der Waals surface area (Å²) in [5.74, 6) is -0.508. The summed E-state index contributed by atoms with van der Waals surface area (Å²) in [6.45, 7) is 5.28. The Morgan fingerprint density at radius 1 is 1.08 bits per heavy atom. The summed E-state index contributed by atoms with van der Waals surface area (Å²) < 4.78 is 0. The van der Waals surface area contributed by atoms with Crippen molar-refractivity contribution in [3.05, 3.63) is 29.8 Å². The molecule has 0 aliphatic carbocycles. The Morgan fingerprint density at radius 3 is 2.42 bits per heavy atom. The SMILES string of the molecule is CC(C)CC(NC(=O)c1ccc(N(C)C)cc1)C(=O)N1CCC2C1C(=O)CN2C(=O)C1CCCCN1. The third kappa shape index (κ3) is 5.40. The van der Waals surface area contributed by atoms with Gasteiger partial charge in [-0.2, -0.15) is 0 Å². The van der Waals surface area contributed by atoms with Gasteiger partial charge in [0.2, 0.25) is 11.8 Å². The van der Waals surface area contributed by atoms with E-state index in [4.69, 9.17) is 0 Å². The fourth-order valence-corrected chi connectivity index (χ4v) is 5.67. The van der Waals surface area contributed by atoms with Crippen LogP contribution in [0.15, 0.2) is 24.3 Å². The first kappa shape index (κ1) is 26.1. The van der Waals surface area contributed by atoms with Crippen molar-refractivity contribution in [2.45, 2.75) is 70.1 Å². The molecule has 4 atom stereocenters. The Kier molecular flexibility index (Phi) is 7.97. The first-order valence-corrected chi connectivity index (χ1v) is 13.1. The number of amides is 3. The first-order valence-electron chi connectivity index (χ1n) is 13.1. The molecular formula is C27H39N5O4. The predicted molar refractivity (Wildman–Crippen MR) is 138 cm³/mol. The van der Waals surface area contributed by atoms with Crippen LogP contribution in [0.25, 0.3) is 0 Å². The summed E-state index contributed by atoms with van der Waals surface area (Å²) >= 11 is 0. The summed E-state index contributed by atoms with van der Waals surface area (Å²) in [4.78, 5) is 58.2. The molecule has 0 radical (unpaired) electrons. The van der Waals surface area contributed by atoms with Gasteiger partial charge in [0.05, 0.1) is 18.6 Å². The molecule has 1 aromatic carbocycles. The zero-order valence-electron chi connectivity index (χ0n) is 21.8. The standard InChI is InChI=1S/C27H39N5O4/c1-17(2)15-21(29-25(34)18-8-10-19(11-9-18)30(3)4)27(36)31-14-12-22-24(31)23(33)16-32(22)26(35)20-7-5-6-13-28-20/h8-11,17,20-22,24,28H,5-7,12-16H2,1-4H3,(H,29,34). The van der Waals surface area contributed by atoms with E-state index < -0.39 is 12.1 Å². The Hall–Kier alpha value is -2.94. The van der Waals surface area contributed by atoms with Gasteiger partial charge in [0.25, 0.3) is 5.91 Å². The van der Waals surface area contributed by atoms with Crippen LogP contribution >= 0.6 is 0 Å². The van der Waals surface area contributed by atoms with E-state index in [0.717, 1.165) is 31.5 Å². The van der Waals surface area contributed by atoms with Crippen LogP contribution < -0.4 is 15.5 Å². The van der Waals surface area contributed by atoms with Crippen LogP contribution in [0.5, 0.6) is 0 Å². The number of fused-ring (bicyclic) bond motifs is 1. The van der Waals surface area contributed by atoms with Crippen LogP contribution in [-0.4, -0.2) is 91.2 Å². The number of hydrogen-bond acceptors (Lipinski definition) is 6. The molecule has 4 unspecified atom stereocenters. The quantitative estimate of drug-likeness (QED) is 0.591. The van der Waals surface area contributed by atoms with Crippen molar-refractivity contribution in [1.82, 2.24) is 20.4 Å². The van der Waals surface area contributed by atoms with E-state index in [2.05, 4.69) is 10.6 Å². The average Bonchev–Trinajstić information content (AvgIpc) is 3.44. The molecule has 2 N–H and O–H groups in total. The maximum absolute atomic E-state index is 13.7. The molecule has 0 spiro atoms. The topological polar surface area (TPSA) is 102 Å². The smallest absolute Gasteiger partial charge is 0.251 e. The largest absolute Gasteiger partial charge is 0.378 e. The molecule has 0 saturated carbocycles. The second-order valence-corrected chi connectivity index (χ2v) is 10.9. The average molecular weight is 498 g/mol. The van der Waals surface area contributed by atoms with Gasteiger partial charge in [-0.25, -0.2) is 0 Å². The minimum absolute atomic E-state index is 0.0296. The van der Waals surface area contributed by atoms with Crippen LogP contribution in [0.3, 0.4) is 0 Å². The molecule has 3 fully saturated rings. The molecule has 4 rings (SSSR count). The molecule has 196 valence electrons. The van der Waals surface area contributed by atoms with E-state index in [0.29, 0.717) is 24.9 Å². The number of piperidine rings is 1. The number of rotatable bonds is 7. The van der Waals surface area contributed by atoms with Crippen LogP contribution in [0.1, 0.15) is 56.3 Å². The van der Waals surface area contributed by atoms with E-state index in [-0.39, 0.29) is 48.1 Å². The lowest BCUT2D eigenvalue weighted by molar-refractivity contribution is -0.138. The molecule has 1 aromatic rings. The summed E-state index contributed by atoms with van der Waals surface area (Å²) in [7, 11) is 3.86. The number of benzene rings is 1. The third-order valence-corrected chi connectivity index (χ3v) is 7.55. The van der Waals surface area contributed by atoms with E-state index in [1.807, 2.05) is 45.0 Å². The van der Waals surface area contributed by atoms with Crippen LogP contribution in [-0.2, 0) is 14.4 Å². The molecule has 0 aromatic heterocycles. The Morgan fingerprint density at radius 2 is 1.81 bits per heavy atom. The fourth-order valence-electron chi connectivity index (χ4n) is 5.67. The number of nitrogens with one attached hydrogen (secondary N) is 2.